The fourth-order valence-electron chi connectivity index (χ4n) is 4.65. The van der Waals surface area contributed by atoms with Gasteiger partial charge in [0.25, 0.3) is 11.8 Å². The molecule has 0 bridgehead atoms. The summed E-state index contributed by atoms with van der Waals surface area (Å²) in [4.78, 5) is 28.5. The molecule has 2 aromatic carbocycles. The molecule has 2 amide bonds. The first kappa shape index (κ1) is 18.9. The number of benzene rings is 2. The van der Waals surface area contributed by atoms with Crippen LogP contribution in [0.5, 0.6) is 0 Å². The Morgan fingerprint density at radius 2 is 1.55 bits per heavy atom. The highest BCUT2D eigenvalue weighted by atomic mass is 35.5. The summed E-state index contributed by atoms with van der Waals surface area (Å²) < 4.78 is 3.67. The van der Waals surface area contributed by atoms with Gasteiger partial charge in [0.15, 0.2) is 0 Å². The van der Waals surface area contributed by atoms with Crippen LogP contribution in [0.4, 0.5) is 0 Å². The maximum absolute atomic E-state index is 13.0. The molecule has 4 nitrogen and oxygen atoms in total. The minimum absolute atomic E-state index is 0.160. The predicted molar refractivity (Wildman–Crippen MR) is 117 cm³/mol. The van der Waals surface area contributed by atoms with E-state index in [4.69, 9.17) is 11.6 Å². The Hall–Kier alpha value is -2.08. The Labute approximate surface area is 179 Å². The number of halogens is 1. The molecule has 5 rings (SSSR count). The number of imide groups is 1. The van der Waals surface area contributed by atoms with Gasteiger partial charge < -0.3 is 0 Å². The Balaban J connectivity index is 1.56. The number of amides is 2. The van der Waals surface area contributed by atoms with Gasteiger partial charge in [-0.2, -0.15) is 0 Å². The number of carbonyl (C=O) groups excluding carboxylic acids is 2. The van der Waals surface area contributed by atoms with Gasteiger partial charge in [-0.25, -0.2) is 4.72 Å². The molecule has 0 unspecified atom stereocenters. The molecule has 0 radical (unpaired) electrons. The van der Waals surface area contributed by atoms with Crippen molar-refractivity contribution in [1.29, 1.82) is 0 Å². The van der Waals surface area contributed by atoms with Gasteiger partial charge in [-0.1, -0.05) is 55.1 Å². The second-order valence-corrected chi connectivity index (χ2v) is 9.16. The SMILES string of the molecule is O=C1c2ccccc2C(=O)N1CC1=C(c2ccc(Cl)cc2)SNC12CCCCC2. The number of fused-ring (bicyclic) bond motifs is 1. The minimum atomic E-state index is -0.198. The molecule has 0 saturated heterocycles. The van der Waals surface area contributed by atoms with Crippen molar-refractivity contribution in [2.45, 2.75) is 37.6 Å². The Bertz CT molecular complexity index is 990. The van der Waals surface area contributed by atoms with Gasteiger partial charge in [0, 0.05) is 9.93 Å². The third-order valence-corrected chi connectivity index (χ3v) is 7.64. The molecule has 2 heterocycles. The number of nitrogens with zero attached hydrogens (tertiary/aromatic N) is 1. The highest BCUT2D eigenvalue weighted by Gasteiger charge is 2.45. The zero-order chi connectivity index (χ0) is 20.0. The zero-order valence-corrected chi connectivity index (χ0v) is 17.5. The van der Waals surface area contributed by atoms with Crippen LogP contribution in [0, 0.1) is 0 Å². The molecular formula is C23H21ClN2O2S. The van der Waals surface area contributed by atoms with Crippen LogP contribution < -0.4 is 4.72 Å². The predicted octanol–water partition coefficient (Wildman–Crippen LogP) is 5.30. The second kappa shape index (κ2) is 7.31. The van der Waals surface area contributed by atoms with E-state index >= 15 is 0 Å². The van der Waals surface area contributed by atoms with Gasteiger partial charge in [0.1, 0.15) is 0 Å². The Morgan fingerprint density at radius 1 is 0.931 bits per heavy atom. The lowest BCUT2D eigenvalue weighted by Crippen LogP contribution is -2.46. The molecule has 1 N–H and O–H groups in total. The molecule has 0 aromatic heterocycles. The van der Waals surface area contributed by atoms with Crippen molar-refractivity contribution in [1.82, 2.24) is 9.62 Å². The number of rotatable bonds is 3. The maximum atomic E-state index is 13.0. The second-order valence-electron chi connectivity index (χ2n) is 7.90. The van der Waals surface area contributed by atoms with Gasteiger partial charge in [-0.3, -0.25) is 14.5 Å². The van der Waals surface area contributed by atoms with Crippen LogP contribution in [0.1, 0.15) is 58.4 Å². The molecular weight excluding hydrogens is 404 g/mol. The van der Waals surface area contributed by atoms with E-state index < -0.39 is 0 Å². The smallest absolute Gasteiger partial charge is 0.261 e. The fourth-order valence-corrected chi connectivity index (χ4v) is 6.03. The van der Waals surface area contributed by atoms with E-state index in [1.807, 2.05) is 36.4 Å². The highest BCUT2D eigenvalue weighted by Crippen LogP contribution is 2.49. The molecule has 0 atom stereocenters. The molecule has 6 heteroatoms. The monoisotopic (exact) mass is 424 g/mol. The van der Waals surface area contributed by atoms with E-state index in [9.17, 15) is 9.59 Å². The topological polar surface area (TPSA) is 49.4 Å². The number of hydrogen-bond acceptors (Lipinski definition) is 4. The summed E-state index contributed by atoms with van der Waals surface area (Å²) >= 11 is 7.71. The highest BCUT2D eigenvalue weighted by molar-refractivity contribution is 8.07. The normalized spacial score (nSPS) is 20.7. The largest absolute Gasteiger partial charge is 0.270 e. The lowest BCUT2D eigenvalue weighted by Gasteiger charge is -2.37. The molecule has 29 heavy (non-hydrogen) atoms. The van der Waals surface area contributed by atoms with E-state index in [-0.39, 0.29) is 17.4 Å². The van der Waals surface area contributed by atoms with Crippen molar-refractivity contribution in [2.75, 3.05) is 6.54 Å². The average Bonchev–Trinajstić information content (AvgIpc) is 3.20. The molecule has 3 aliphatic rings. The molecule has 2 aromatic rings. The third kappa shape index (κ3) is 3.12. The molecule has 1 aliphatic carbocycles. The van der Waals surface area contributed by atoms with Crippen molar-refractivity contribution in [2.24, 2.45) is 0 Å². The van der Waals surface area contributed by atoms with Gasteiger partial charge in [-0.15, -0.1) is 0 Å². The van der Waals surface area contributed by atoms with Crippen LogP contribution in [0.3, 0.4) is 0 Å². The van der Waals surface area contributed by atoms with E-state index in [0.29, 0.717) is 22.7 Å². The zero-order valence-electron chi connectivity index (χ0n) is 15.9. The first-order valence-corrected chi connectivity index (χ1v) is 11.2. The van der Waals surface area contributed by atoms with Crippen LogP contribution >= 0.6 is 23.5 Å². The van der Waals surface area contributed by atoms with Gasteiger partial charge in [0.05, 0.1) is 23.2 Å². The maximum Gasteiger partial charge on any atom is 0.261 e. The molecule has 1 fully saturated rings. The lowest BCUT2D eigenvalue weighted by molar-refractivity contribution is 0.0662. The standard InChI is InChI=1S/C23H21ClN2O2S/c24-16-10-8-15(9-11-16)20-19(23(25-29-20)12-4-1-5-13-23)14-26-21(27)17-6-2-3-7-18(17)22(26)28/h2-3,6-11,25H,1,4-5,12-14H2. The van der Waals surface area contributed by atoms with Gasteiger partial charge in [0.2, 0.25) is 0 Å². The summed E-state index contributed by atoms with van der Waals surface area (Å²) in [5.41, 5.74) is 3.07. The van der Waals surface area contributed by atoms with Crippen molar-refractivity contribution < 1.29 is 9.59 Å². The third-order valence-electron chi connectivity index (χ3n) is 6.21. The van der Waals surface area contributed by atoms with Gasteiger partial charge in [-0.05, 0) is 60.2 Å². The first-order valence-electron chi connectivity index (χ1n) is 9.98. The number of carbonyl (C=O) groups is 2. The summed E-state index contributed by atoms with van der Waals surface area (Å²) in [6.45, 7) is 0.324. The van der Waals surface area contributed by atoms with Crippen molar-refractivity contribution >= 4 is 40.3 Å². The molecule has 1 spiro atoms. The van der Waals surface area contributed by atoms with Crippen LogP contribution in [-0.2, 0) is 0 Å². The molecule has 1 saturated carbocycles. The molecule has 148 valence electrons. The van der Waals surface area contributed by atoms with E-state index in [1.165, 1.54) is 11.3 Å². The van der Waals surface area contributed by atoms with E-state index in [2.05, 4.69) is 4.72 Å². The summed E-state index contributed by atoms with van der Waals surface area (Å²) in [7, 11) is 0. The van der Waals surface area contributed by atoms with E-state index in [1.54, 1.807) is 24.1 Å². The van der Waals surface area contributed by atoms with Crippen molar-refractivity contribution in [3.63, 3.8) is 0 Å². The molecule has 2 aliphatic heterocycles. The summed E-state index contributed by atoms with van der Waals surface area (Å²) in [6.07, 6.45) is 5.57. The number of nitrogens with one attached hydrogen (secondary N) is 1. The quantitative estimate of drug-likeness (QED) is 0.536. The lowest BCUT2D eigenvalue weighted by atomic mass is 9.76. The van der Waals surface area contributed by atoms with Crippen LogP contribution in [0.15, 0.2) is 54.1 Å². The minimum Gasteiger partial charge on any atom is -0.270 e. The van der Waals surface area contributed by atoms with Crippen molar-refractivity contribution in [3.8, 4) is 0 Å². The summed E-state index contributed by atoms with van der Waals surface area (Å²) in [6, 6.07) is 14.9. The average molecular weight is 425 g/mol. The Morgan fingerprint density at radius 3 is 2.17 bits per heavy atom. The summed E-state index contributed by atoms with van der Waals surface area (Å²) in [5.74, 6) is -0.396. The van der Waals surface area contributed by atoms with Crippen LogP contribution in [-0.4, -0.2) is 28.8 Å². The summed E-state index contributed by atoms with van der Waals surface area (Å²) in [5, 5.41) is 0.694. The van der Waals surface area contributed by atoms with Crippen LogP contribution in [0.2, 0.25) is 5.02 Å². The van der Waals surface area contributed by atoms with E-state index in [0.717, 1.165) is 41.7 Å². The number of hydrogen-bond donors (Lipinski definition) is 1. The van der Waals surface area contributed by atoms with Crippen molar-refractivity contribution in [3.05, 3.63) is 75.8 Å². The first-order chi connectivity index (χ1) is 14.1. The van der Waals surface area contributed by atoms with Crippen LogP contribution in [0.25, 0.3) is 4.91 Å². The fraction of sp³-hybridized carbons (Fsp3) is 0.304. The van der Waals surface area contributed by atoms with Gasteiger partial charge >= 0.3 is 0 Å². The Kier molecular flexibility index (Phi) is 4.77.